The molecule has 23 heavy (non-hydrogen) atoms. The fourth-order valence-corrected chi connectivity index (χ4v) is 4.65. The molecule has 1 aromatic carbocycles. The normalized spacial score (nSPS) is 21.8. The Bertz CT molecular complexity index is 842. The first-order valence-corrected chi connectivity index (χ1v) is 8.44. The number of carbonyl (C=O) groups is 1. The summed E-state index contributed by atoms with van der Waals surface area (Å²) in [5.41, 5.74) is 4.06. The molecule has 120 valence electrons. The molecule has 1 spiro atoms. The number of nitrogens with one attached hydrogen (secondary N) is 1. The van der Waals surface area contributed by atoms with Gasteiger partial charge in [0.15, 0.2) is 0 Å². The number of anilines is 1. The van der Waals surface area contributed by atoms with E-state index in [1.165, 1.54) is 19.3 Å². The average Bonchev–Trinajstić information content (AvgIpc) is 2.70. The van der Waals surface area contributed by atoms with E-state index in [0.717, 1.165) is 41.8 Å². The van der Waals surface area contributed by atoms with E-state index in [4.69, 9.17) is 0 Å². The van der Waals surface area contributed by atoms with Crippen molar-refractivity contribution in [1.29, 1.82) is 0 Å². The molecule has 3 aliphatic rings. The number of aryl methyl sites for hydroxylation is 1. The highest BCUT2D eigenvalue weighted by Crippen LogP contribution is 2.50. The molecule has 1 saturated carbocycles. The van der Waals surface area contributed by atoms with Crippen LogP contribution in [0.25, 0.3) is 10.9 Å². The number of hydrogen-bond acceptors (Lipinski definition) is 2. The summed E-state index contributed by atoms with van der Waals surface area (Å²) in [5, 5.41) is 3.77. The standard InChI is InChI=1S/C18H20FN3O/c1-11-13-7-12(19)8-14(21-9-18(10-21)3-2-4-18)16(13)22-6-5-20-17(23)15(11)22/h7-8H,2-6,9-10H2,1H3,(H,20,23). The first kappa shape index (κ1) is 13.4. The number of nitrogens with zero attached hydrogens (tertiary/aromatic N) is 2. The number of rotatable bonds is 1. The van der Waals surface area contributed by atoms with Gasteiger partial charge in [-0.3, -0.25) is 4.79 Å². The number of halogens is 1. The minimum absolute atomic E-state index is 0.0459. The van der Waals surface area contributed by atoms with Gasteiger partial charge in [0.1, 0.15) is 11.5 Å². The van der Waals surface area contributed by atoms with Crippen molar-refractivity contribution < 1.29 is 9.18 Å². The van der Waals surface area contributed by atoms with Gasteiger partial charge in [0.25, 0.3) is 5.91 Å². The van der Waals surface area contributed by atoms with Gasteiger partial charge < -0.3 is 14.8 Å². The summed E-state index contributed by atoms with van der Waals surface area (Å²) in [6.07, 6.45) is 3.93. The lowest BCUT2D eigenvalue weighted by Gasteiger charge is -2.57. The summed E-state index contributed by atoms with van der Waals surface area (Å²) in [7, 11) is 0. The predicted molar refractivity (Wildman–Crippen MR) is 87.5 cm³/mol. The fraction of sp³-hybridized carbons (Fsp3) is 0.500. The first-order valence-electron chi connectivity index (χ1n) is 8.44. The average molecular weight is 313 g/mol. The van der Waals surface area contributed by atoms with Crippen LogP contribution < -0.4 is 10.2 Å². The van der Waals surface area contributed by atoms with Crippen LogP contribution in [0, 0.1) is 18.2 Å². The molecular formula is C18H20FN3O. The number of fused-ring (bicyclic) bond motifs is 3. The lowest BCUT2D eigenvalue weighted by atomic mass is 9.63. The quantitative estimate of drug-likeness (QED) is 0.879. The van der Waals surface area contributed by atoms with Crippen molar-refractivity contribution in [2.24, 2.45) is 5.41 Å². The van der Waals surface area contributed by atoms with Crippen molar-refractivity contribution in [3.8, 4) is 0 Å². The molecule has 4 nitrogen and oxygen atoms in total. The van der Waals surface area contributed by atoms with Crippen molar-refractivity contribution >= 4 is 22.5 Å². The number of amides is 1. The third kappa shape index (κ3) is 1.68. The molecule has 1 amide bonds. The van der Waals surface area contributed by atoms with E-state index in [9.17, 15) is 9.18 Å². The van der Waals surface area contributed by atoms with Gasteiger partial charge in [-0.2, -0.15) is 0 Å². The van der Waals surface area contributed by atoms with E-state index in [2.05, 4.69) is 14.8 Å². The highest BCUT2D eigenvalue weighted by molar-refractivity contribution is 6.05. The van der Waals surface area contributed by atoms with Crippen LogP contribution in [0.1, 0.15) is 35.3 Å². The molecule has 1 N–H and O–H groups in total. The van der Waals surface area contributed by atoms with Crippen molar-refractivity contribution in [2.75, 3.05) is 24.5 Å². The lowest BCUT2D eigenvalue weighted by Crippen LogP contribution is -2.60. The van der Waals surface area contributed by atoms with Gasteiger partial charge in [-0.05, 0) is 37.5 Å². The maximum absolute atomic E-state index is 14.2. The fourth-order valence-electron chi connectivity index (χ4n) is 4.65. The molecule has 1 aromatic heterocycles. The molecule has 2 aromatic rings. The summed E-state index contributed by atoms with van der Waals surface area (Å²) in [4.78, 5) is 14.5. The molecule has 5 rings (SSSR count). The zero-order valence-corrected chi connectivity index (χ0v) is 13.3. The van der Waals surface area contributed by atoms with Crippen LogP contribution in [-0.2, 0) is 6.54 Å². The number of benzene rings is 1. The summed E-state index contributed by atoms with van der Waals surface area (Å²) in [6, 6.07) is 3.22. The molecule has 0 radical (unpaired) electrons. The Morgan fingerprint density at radius 1 is 1.26 bits per heavy atom. The van der Waals surface area contributed by atoms with Crippen LogP contribution in [-0.4, -0.2) is 30.1 Å². The van der Waals surface area contributed by atoms with E-state index >= 15 is 0 Å². The monoisotopic (exact) mass is 313 g/mol. The largest absolute Gasteiger partial charge is 0.368 e. The molecule has 0 bridgehead atoms. The van der Waals surface area contributed by atoms with Crippen LogP contribution in [0.3, 0.4) is 0 Å². The second-order valence-electron chi connectivity index (χ2n) is 7.41. The minimum Gasteiger partial charge on any atom is -0.368 e. The van der Waals surface area contributed by atoms with Gasteiger partial charge in [-0.25, -0.2) is 4.39 Å². The molecule has 1 aliphatic carbocycles. The molecule has 3 heterocycles. The Morgan fingerprint density at radius 2 is 2.04 bits per heavy atom. The van der Waals surface area contributed by atoms with Crippen LogP contribution in [0.15, 0.2) is 12.1 Å². The zero-order valence-electron chi connectivity index (χ0n) is 13.3. The summed E-state index contributed by atoms with van der Waals surface area (Å²) in [5.74, 6) is -0.260. The van der Waals surface area contributed by atoms with E-state index in [-0.39, 0.29) is 11.7 Å². The van der Waals surface area contributed by atoms with Gasteiger partial charge in [-0.1, -0.05) is 6.42 Å². The lowest BCUT2D eigenvalue weighted by molar-refractivity contribution is 0.0903. The van der Waals surface area contributed by atoms with Crippen molar-refractivity contribution in [3.05, 3.63) is 29.2 Å². The Hall–Kier alpha value is -2.04. The number of hydrogen-bond donors (Lipinski definition) is 1. The summed E-state index contributed by atoms with van der Waals surface area (Å²) >= 11 is 0. The van der Waals surface area contributed by atoms with Crippen LogP contribution in [0.4, 0.5) is 10.1 Å². The summed E-state index contributed by atoms with van der Waals surface area (Å²) in [6.45, 7) is 5.36. The zero-order chi connectivity index (χ0) is 15.8. The van der Waals surface area contributed by atoms with E-state index in [1.54, 1.807) is 12.1 Å². The summed E-state index contributed by atoms with van der Waals surface area (Å²) < 4.78 is 16.3. The van der Waals surface area contributed by atoms with Gasteiger partial charge in [0.05, 0.1) is 11.2 Å². The first-order chi connectivity index (χ1) is 11.1. The van der Waals surface area contributed by atoms with Crippen molar-refractivity contribution in [1.82, 2.24) is 9.88 Å². The van der Waals surface area contributed by atoms with E-state index < -0.39 is 0 Å². The molecule has 1 saturated heterocycles. The van der Waals surface area contributed by atoms with Gasteiger partial charge in [0.2, 0.25) is 0 Å². The third-order valence-corrected chi connectivity index (χ3v) is 6.00. The molecular weight excluding hydrogens is 293 g/mol. The van der Waals surface area contributed by atoms with Crippen LogP contribution >= 0.6 is 0 Å². The Morgan fingerprint density at radius 3 is 2.74 bits per heavy atom. The van der Waals surface area contributed by atoms with E-state index in [1.807, 2.05) is 6.92 Å². The van der Waals surface area contributed by atoms with Gasteiger partial charge in [-0.15, -0.1) is 0 Å². The SMILES string of the molecule is Cc1c2n(c3c(N4CC5(CCC5)C4)cc(F)cc13)CCNC2=O. The molecule has 0 unspecified atom stereocenters. The van der Waals surface area contributed by atoms with E-state index in [0.29, 0.717) is 17.7 Å². The number of carbonyl (C=O) groups excluding carboxylic acids is 1. The van der Waals surface area contributed by atoms with Crippen LogP contribution in [0.5, 0.6) is 0 Å². The third-order valence-electron chi connectivity index (χ3n) is 6.00. The Kier molecular flexibility index (Phi) is 2.49. The van der Waals surface area contributed by atoms with Crippen LogP contribution in [0.2, 0.25) is 0 Å². The predicted octanol–water partition coefficient (Wildman–Crippen LogP) is 2.82. The topological polar surface area (TPSA) is 37.3 Å². The second kappa shape index (κ2) is 4.28. The van der Waals surface area contributed by atoms with Crippen molar-refractivity contribution in [3.63, 3.8) is 0 Å². The number of aromatic nitrogens is 1. The maximum atomic E-state index is 14.2. The second-order valence-corrected chi connectivity index (χ2v) is 7.41. The smallest absolute Gasteiger partial charge is 0.268 e. The van der Waals surface area contributed by atoms with Crippen molar-refractivity contribution in [2.45, 2.75) is 32.7 Å². The van der Waals surface area contributed by atoms with Gasteiger partial charge in [0, 0.05) is 37.0 Å². The molecule has 5 heteroatoms. The minimum atomic E-state index is -0.214. The molecule has 0 atom stereocenters. The van der Waals surface area contributed by atoms with Gasteiger partial charge >= 0.3 is 0 Å². The highest BCUT2D eigenvalue weighted by atomic mass is 19.1. The molecule has 2 aliphatic heterocycles. The molecule has 2 fully saturated rings. The highest BCUT2D eigenvalue weighted by Gasteiger charge is 2.48. The maximum Gasteiger partial charge on any atom is 0.268 e. The Balaban J connectivity index is 1.70. The Labute approximate surface area is 134 Å².